The molecule has 10 rings (SSSR count). The summed E-state index contributed by atoms with van der Waals surface area (Å²) in [5.41, 5.74) is 17.3. The Kier molecular flexibility index (Phi) is 7.19. The molecule has 252 valence electrons. The van der Waals surface area contributed by atoms with Gasteiger partial charge in [0.15, 0.2) is 0 Å². The van der Waals surface area contributed by atoms with E-state index in [2.05, 4.69) is 217 Å². The molecule has 0 saturated heterocycles. The van der Waals surface area contributed by atoms with E-state index < -0.39 is 0 Å². The molecule has 0 spiro atoms. The number of rotatable bonds is 6. The lowest BCUT2D eigenvalue weighted by Crippen LogP contribution is -2.14. The van der Waals surface area contributed by atoms with E-state index >= 15 is 0 Å². The first kappa shape index (κ1) is 31.1. The molecular formula is C51H38N2. The molecule has 1 aromatic heterocycles. The van der Waals surface area contributed by atoms with Crippen molar-refractivity contribution >= 4 is 38.9 Å². The van der Waals surface area contributed by atoms with Gasteiger partial charge in [0.1, 0.15) is 0 Å². The molecule has 1 heterocycles. The molecule has 0 N–H and O–H groups in total. The van der Waals surface area contributed by atoms with Gasteiger partial charge in [0.2, 0.25) is 0 Å². The van der Waals surface area contributed by atoms with Gasteiger partial charge in [0, 0.05) is 38.9 Å². The van der Waals surface area contributed by atoms with E-state index in [1.54, 1.807) is 0 Å². The molecule has 0 radical (unpaired) electrons. The van der Waals surface area contributed by atoms with E-state index in [-0.39, 0.29) is 5.41 Å². The van der Waals surface area contributed by atoms with E-state index in [0.717, 1.165) is 17.1 Å². The van der Waals surface area contributed by atoms with Crippen LogP contribution < -0.4 is 4.90 Å². The minimum absolute atomic E-state index is 0.0610. The van der Waals surface area contributed by atoms with Crippen LogP contribution in [0.4, 0.5) is 17.1 Å². The summed E-state index contributed by atoms with van der Waals surface area (Å²) >= 11 is 0. The normalized spacial score (nSPS) is 12.9. The molecule has 0 aliphatic heterocycles. The average Bonchev–Trinajstić information content (AvgIpc) is 3.66. The smallest absolute Gasteiger partial charge is 0.0544 e. The molecule has 0 unspecified atom stereocenters. The highest BCUT2D eigenvalue weighted by Gasteiger charge is 2.36. The quantitative estimate of drug-likeness (QED) is 0.170. The lowest BCUT2D eigenvalue weighted by Gasteiger charge is -2.25. The molecule has 2 nitrogen and oxygen atoms in total. The lowest BCUT2D eigenvalue weighted by atomic mass is 9.82. The van der Waals surface area contributed by atoms with E-state index in [4.69, 9.17) is 0 Å². The van der Waals surface area contributed by atoms with E-state index in [0.29, 0.717) is 0 Å². The van der Waals surface area contributed by atoms with Gasteiger partial charge in [-0.1, -0.05) is 135 Å². The summed E-state index contributed by atoms with van der Waals surface area (Å²) < 4.78 is 2.44. The Labute approximate surface area is 310 Å². The second-order valence-corrected chi connectivity index (χ2v) is 14.6. The van der Waals surface area contributed by atoms with Crippen LogP contribution in [0.3, 0.4) is 0 Å². The Bertz CT molecular complexity index is 2720. The van der Waals surface area contributed by atoms with Crippen molar-refractivity contribution in [1.82, 2.24) is 4.57 Å². The number of hydrogen-bond acceptors (Lipinski definition) is 1. The number of aromatic nitrogens is 1. The maximum atomic E-state index is 2.45. The summed E-state index contributed by atoms with van der Waals surface area (Å²) in [4.78, 5) is 2.30. The van der Waals surface area contributed by atoms with Gasteiger partial charge in [-0.3, -0.25) is 0 Å². The van der Waals surface area contributed by atoms with Crippen LogP contribution in [0.5, 0.6) is 0 Å². The first-order chi connectivity index (χ1) is 26.0. The second-order valence-electron chi connectivity index (χ2n) is 14.6. The summed E-state index contributed by atoms with van der Waals surface area (Å²) in [6, 6.07) is 70.6. The minimum Gasteiger partial charge on any atom is -0.311 e. The molecule has 0 fully saturated rings. The van der Waals surface area contributed by atoms with Crippen LogP contribution in [0.25, 0.3) is 60.9 Å². The monoisotopic (exact) mass is 678 g/mol. The maximum Gasteiger partial charge on any atom is 0.0544 e. The SMILES string of the molecule is CC1(C)c2ccccc2-c2cc3c4cc(-c5ccc(-c6ccc(N(c7ccccc7)c7ccccc7)cc6)cc5)ccc4n(-c4ccccc4)c3cc21. The maximum absolute atomic E-state index is 2.45. The van der Waals surface area contributed by atoms with E-state index in [1.165, 1.54) is 72.0 Å². The third-order valence-corrected chi connectivity index (χ3v) is 11.2. The fourth-order valence-corrected chi connectivity index (χ4v) is 8.51. The van der Waals surface area contributed by atoms with Crippen molar-refractivity contribution in [3.05, 3.63) is 205 Å². The molecule has 8 aromatic carbocycles. The summed E-state index contributed by atoms with van der Waals surface area (Å²) in [7, 11) is 0. The Morgan fingerprint density at radius 3 is 1.51 bits per heavy atom. The van der Waals surface area contributed by atoms with Gasteiger partial charge >= 0.3 is 0 Å². The van der Waals surface area contributed by atoms with Gasteiger partial charge < -0.3 is 9.47 Å². The van der Waals surface area contributed by atoms with Crippen LogP contribution in [-0.2, 0) is 5.41 Å². The number of hydrogen-bond donors (Lipinski definition) is 0. The molecule has 53 heavy (non-hydrogen) atoms. The standard InChI is InChI=1S/C51H38N2/c1-51(2)47-21-13-12-20-43(47)44-33-46-45-32-38(28-31-49(45)53(50(46)34-48(44)51)41-18-10-5-11-19-41)37-24-22-35(23-25-37)36-26-29-42(30-27-36)52(39-14-6-3-7-15-39)40-16-8-4-9-17-40/h3-34H,1-2H3. The third kappa shape index (κ3) is 5.10. The number of anilines is 3. The number of fused-ring (bicyclic) bond motifs is 6. The van der Waals surface area contributed by atoms with Gasteiger partial charge in [0.25, 0.3) is 0 Å². The van der Waals surface area contributed by atoms with Crippen LogP contribution in [0, 0.1) is 0 Å². The third-order valence-electron chi connectivity index (χ3n) is 11.2. The fraction of sp³-hybridized carbons (Fsp3) is 0.0588. The summed E-state index contributed by atoms with van der Waals surface area (Å²) in [5, 5.41) is 2.56. The van der Waals surface area contributed by atoms with Gasteiger partial charge in [-0.15, -0.1) is 0 Å². The van der Waals surface area contributed by atoms with Crippen molar-refractivity contribution in [2.75, 3.05) is 4.90 Å². The van der Waals surface area contributed by atoms with E-state index in [9.17, 15) is 0 Å². The number of nitrogens with zero attached hydrogens (tertiary/aromatic N) is 2. The lowest BCUT2D eigenvalue weighted by molar-refractivity contribution is 0.661. The zero-order valence-corrected chi connectivity index (χ0v) is 29.9. The Balaban J connectivity index is 1.03. The molecule has 0 bridgehead atoms. The Hall–Kier alpha value is -6.64. The molecular weight excluding hydrogens is 641 g/mol. The molecule has 9 aromatic rings. The predicted molar refractivity (Wildman–Crippen MR) is 224 cm³/mol. The summed E-state index contributed by atoms with van der Waals surface area (Å²) in [5.74, 6) is 0. The molecule has 0 amide bonds. The fourth-order valence-electron chi connectivity index (χ4n) is 8.51. The first-order valence-corrected chi connectivity index (χ1v) is 18.4. The van der Waals surface area contributed by atoms with Crippen molar-refractivity contribution in [1.29, 1.82) is 0 Å². The largest absolute Gasteiger partial charge is 0.311 e. The van der Waals surface area contributed by atoms with Crippen LogP contribution in [-0.4, -0.2) is 4.57 Å². The van der Waals surface area contributed by atoms with Crippen LogP contribution >= 0.6 is 0 Å². The highest BCUT2D eigenvalue weighted by Crippen LogP contribution is 2.51. The van der Waals surface area contributed by atoms with Gasteiger partial charge in [-0.25, -0.2) is 0 Å². The van der Waals surface area contributed by atoms with Crippen molar-refractivity contribution in [3.63, 3.8) is 0 Å². The van der Waals surface area contributed by atoms with Crippen LogP contribution in [0.1, 0.15) is 25.0 Å². The van der Waals surface area contributed by atoms with Crippen molar-refractivity contribution in [3.8, 4) is 39.1 Å². The zero-order chi connectivity index (χ0) is 35.5. The van der Waals surface area contributed by atoms with Crippen LogP contribution in [0.2, 0.25) is 0 Å². The molecule has 0 saturated carbocycles. The topological polar surface area (TPSA) is 8.17 Å². The summed E-state index contributed by atoms with van der Waals surface area (Å²) in [6.45, 7) is 4.72. The molecule has 2 heteroatoms. The molecule has 1 aliphatic carbocycles. The predicted octanol–water partition coefficient (Wildman–Crippen LogP) is 13.9. The highest BCUT2D eigenvalue weighted by molar-refractivity contribution is 6.12. The average molecular weight is 679 g/mol. The zero-order valence-electron chi connectivity index (χ0n) is 29.9. The van der Waals surface area contributed by atoms with Gasteiger partial charge in [0.05, 0.1) is 11.0 Å². The van der Waals surface area contributed by atoms with Crippen LogP contribution in [0.15, 0.2) is 194 Å². The number of para-hydroxylation sites is 3. The first-order valence-electron chi connectivity index (χ1n) is 18.4. The second kappa shape index (κ2) is 12.3. The Morgan fingerprint density at radius 2 is 0.868 bits per heavy atom. The molecule has 1 aliphatic rings. The van der Waals surface area contributed by atoms with E-state index in [1.807, 2.05) is 0 Å². The highest BCUT2D eigenvalue weighted by atomic mass is 15.1. The number of benzene rings is 8. The Morgan fingerprint density at radius 1 is 0.377 bits per heavy atom. The van der Waals surface area contributed by atoms with Gasteiger partial charge in [-0.05, 0) is 117 Å². The van der Waals surface area contributed by atoms with Crippen molar-refractivity contribution in [2.45, 2.75) is 19.3 Å². The minimum atomic E-state index is -0.0610. The summed E-state index contributed by atoms with van der Waals surface area (Å²) in [6.07, 6.45) is 0. The van der Waals surface area contributed by atoms with Gasteiger partial charge in [-0.2, -0.15) is 0 Å². The van der Waals surface area contributed by atoms with Crippen molar-refractivity contribution in [2.24, 2.45) is 0 Å². The van der Waals surface area contributed by atoms with Crippen molar-refractivity contribution < 1.29 is 0 Å². The molecule has 0 atom stereocenters.